The minimum Gasteiger partial charge on any atom is -0.497 e. The lowest BCUT2D eigenvalue weighted by Crippen LogP contribution is -2.13. The maximum Gasteiger partial charge on any atom is 0.279 e. The number of fused-ring (bicyclic) bond motifs is 1. The summed E-state index contributed by atoms with van der Waals surface area (Å²) in [6.45, 7) is 1.92. The number of aryl methyl sites for hydroxylation is 2. The van der Waals surface area contributed by atoms with E-state index in [-0.39, 0.29) is 5.91 Å². The zero-order chi connectivity index (χ0) is 15.7. The highest BCUT2D eigenvalue weighted by Crippen LogP contribution is 2.22. The summed E-state index contributed by atoms with van der Waals surface area (Å²) in [5.74, 6) is 0.582. The van der Waals surface area contributed by atoms with E-state index in [1.54, 1.807) is 13.2 Å². The predicted octanol–water partition coefficient (Wildman–Crippen LogP) is 3.30. The van der Waals surface area contributed by atoms with E-state index in [1.807, 2.05) is 54.9 Å². The smallest absolute Gasteiger partial charge is 0.279 e. The SMILES string of the molecule is COc1ccc2c(c1)sc(=NC(=O)c1ccccc1C)n2C. The van der Waals surface area contributed by atoms with Crippen molar-refractivity contribution in [2.45, 2.75) is 6.92 Å². The average Bonchev–Trinajstić information content (AvgIpc) is 2.83. The Bertz CT molecular complexity index is 922. The van der Waals surface area contributed by atoms with Gasteiger partial charge in [-0.3, -0.25) is 4.79 Å². The van der Waals surface area contributed by atoms with E-state index in [4.69, 9.17) is 4.74 Å². The van der Waals surface area contributed by atoms with Gasteiger partial charge in [0.1, 0.15) is 5.75 Å². The van der Waals surface area contributed by atoms with Gasteiger partial charge in [0.25, 0.3) is 5.91 Å². The fourth-order valence-corrected chi connectivity index (χ4v) is 3.35. The molecule has 4 nitrogen and oxygen atoms in total. The zero-order valence-electron chi connectivity index (χ0n) is 12.7. The number of carbonyl (C=O) groups is 1. The molecule has 0 bridgehead atoms. The molecule has 2 aromatic carbocycles. The quantitative estimate of drug-likeness (QED) is 0.729. The predicted molar refractivity (Wildman–Crippen MR) is 88.4 cm³/mol. The van der Waals surface area contributed by atoms with Gasteiger partial charge >= 0.3 is 0 Å². The molecule has 112 valence electrons. The summed E-state index contributed by atoms with van der Waals surface area (Å²) in [5, 5.41) is 0. The molecular formula is C17H16N2O2S. The summed E-state index contributed by atoms with van der Waals surface area (Å²) in [5.41, 5.74) is 2.60. The van der Waals surface area contributed by atoms with E-state index in [9.17, 15) is 4.79 Å². The summed E-state index contributed by atoms with van der Waals surface area (Å²) in [6.07, 6.45) is 0. The lowest BCUT2D eigenvalue weighted by Gasteiger charge is -2.00. The lowest BCUT2D eigenvalue weighted by atomic mass is 10.1. The van der Waals surface area contributed by atoms with E-state index >= 15 is 0 Å². The molecule has 0 atom stereocenters. The summed E-state index contributed by atoms with van der Waals surface area (Å²) >= 11 is 1.48. The van der Waals surface area contributed by atoms with E-state index in [2.05, 4.69) is 4.99 Å². The first kappa shape index (κ1) is 14.5. The van der Waals surface area contributed by atoms with Crippen molar-refractivity contribution in [1.82, 2.24) is 4.57 Å². The van der Waals surface area contributed by atoms with Crippen LogP contribution in [0.5, 0.6) is 5.75 Å². The minimum absolute atomic E-state index is 0.216. The van der Waals surface area contributed by atoms with Gasteiger partial charge in [-0.25, -0.2) is 0 Å². The van der Waals surface area contributed by atoms with Crippen LogP contribution in [0.15, 0.2) is 47.5 Å². The summed E-state index contributed by atoms with van der Waals surface area (Å²) in [6, 6.07) is 13.3. The van der Waals surface area contributed by atoms with Crippen LogP contribution in [-0.4, -0.2) is 17.6 Å². The monoisotopic (exact) mass is 312 g/mol. The molecule has 0 N–H and O–H groups in total. The van der Waals surface area contributed by atoms with E-state index < -0.39 is 0 Å². The maximum absolute atomic E-state index is 12.4. The Balaban J connectivity index is 2.11. The molecule has 0 fully saturated rings. The first-order valence-corrected chi connectivity index (χ1v) is 7.70. The highest BCUT2D eigenvalue weighted by atomic mass is 32.1. The first-order valence-electron chi connectivity index (χ1n) is 6.88. The Hall–Kier alpha value is -2.40. The molecule has 22 heavy (non-hydrogen) atoms. The van der Waals surface area contributed by atoms with Crippen LogP contribution in [0, 0.1) is 6.92 Å². The molecule has 1 heterocycles. The van der Waals surface area contributed by atoms with Crippen molar-refractivity contribution in [1.29, 1.82) is 0 Å². The Labute approximate surface area is 132 Å². The zero-order valence-corrected chi connectivity index (χ0v) is 13.5. The van der Waals surface area contributed by atoms with Crippen LogP contribution in [0.2, 0.25) is 0 Å². The fourth-order valence-electron chi connectivity index (χ4n) is 2.31. The van der Waals surface area contributed by atoms with Crippen molar-refractivity contribution in [3.05, 3.63) is 58.4 Å². The van der Waals surface area contributed by atoms with E-state index in [0.717, 1.165) is 21.5 Å². The summed E-state index contributed by atoms with van der Waals surface area (Å²) < 4.78 is 8.20. The standard InChI is InChI=1S/C17H16N2O2S/c1-11-6-4-5-7-13(11)16(20)18-17-19(2)14-9-8-12(21-3)10-15(14)22-17/h4-10H,1-3H3. The number of nitrogens with zero attached hydrogens (tertiary/aromatic N) is 2. The van der Waals surface area contributed by atoms with Crippen LogP contribution >= 0.6 is 11.3 Å². The molecule has 0 unspecified atom stereocenters. The van der Waals surface area contributed by atoms with Gasteiger partial charge in [-0.2, -0.15) is 4.99 Å². The molecule has 3 rings (SSSR count). The van der Waals surface area contributed by atoms with Gasteiger partial charge in [0.05, 0.1) is 17.3 Å². The van der Waals surface area contributed by atoms with Crippen molar-refractivity contribution in [2.24, 2.45) is 12.0 Å². The number of aromatic nitrogens is 1. The van der Waals surface area contributed by atoms with Crippen molar-refractivity contribution < 1.29 is 9.53 Å². The highest BCUT2D eigenvalue weighted by Gasteiger charge is 2.09. The number of benzene rings is 2. The van der Waals surface area contributed by atoms with Gasteiger partial charge in [-0.15, -0.1) is 0 Å². The molecule has 1 aromatic heterocycles. The van der Waals surface area contributed by atoms with Gasteiger partial charge < -0.3 is 9.30 Å². The van der Waals surface area contributed by atoms with Crippen molar-refractivity contribution >= 4 is 27.5 Å². The van der Waals surface area contributed by atoms with Crippen LogP contribution in [0.4, 0.5) is 0 Å². The van der Waals surface area contributed by atoms with E-state index in [1.165, 1.54) is 11.3 Å². The second-order valence-corrected chi connectivity index (χ2v) is 6.02. The summed E-state index contributed by atoms with van der Waals surface area (Å²) in [4.78, 5) is 17.4. The normalized spacial score (nSPS) is 11.9. The van der Waals surface area contributed by atoms with Gasteiger partial charge in [-0.05, 0) is 36.8 Å². The molecule has 5 heteroatoms. The van der Waals surface area contributed by atoms with Crippen LogP contribution in [-0.2, 0) is 7.05 Å². The highest BCUT2D eigenvalue weighted by molar-refractivity contribution is 7.16. The molecule has 3 aromatic rings. The molecular weight excluding hydrogens is 296 g/mol. The van der Waals surface area contributed by atoms with Crippen LogP contribution < -0.4 is 9.54 Å². The van der Waals surface area contributed by atoms with Crippen molar-refractivity contribution in [3.63, 3.8) is 0 Å². The first-order chi connectivity index (χ1) is 10.6. The molecule has 0 aliphatic carbocycles. The average molecular weight is 312 g/mol. The fraction of sp³-hybridized carbons (Fsp3) is 0.176. The molecule has 0 spiro atoms. The van der Waals surface area contributed by atoms with Crippen molar-refractivity contribution in [3.8, 4) is 5.75 Å². The minimum atomic E-state index is -0.216. The molecule has 0 aliphatic rings. The Kier molecular flexibility index (Phi) is 3.81. The number of methoxy groups -OCH3 is 1. The molecule has 0 saturated carbocycles. The topological polar surface area (TPSA) is 43.6 Å². The number of hydrogen-bond donors (Lipinski definition) is 0. The number of ether oxygens (including phenoxy) is 1. The third-order valence-electron chi connectivity index (χ3n) is 3.59. The summed E-state index contributed by atoms with van der Waals surface area (Å²) in [7, 11) is 3.55. The molecule has 0 radical (unpaired) electrons. The lowest BCUT2D eigenvalue weighted by molar-refractivity contribution is 0.0997. The third-order valence-corrected chi connectivity index (χ3v) is 4.68. The number of amides is 1. The number of carbonyl (C=O) groups excluding carboxylic acids is 1. The van der Waals surface area contributed by atoms with Gasteiger partial charge in [0.15, 0.2) is 4.80 Å². The maximum atomic E-state index is 12.4. The largest absolute Gasteiger partial charge is 0.497 e. The number of thiazole rings is 1. The second kappa shape index (κ2) is 5.77. The molecule has 0 saturated heterocycles. The molecule has 1 amide bonds. The van der Waals surface area contributed by atoms with Crippen LogP contribution in [0.1, 0.15) is 15.9 Å². The van der Waals surface area contributed by atoms with E-state index in [0.29, 0.717) is 10.4 Å². The Morgan fingerprint density at radius 1 is 1.23 bits per heavy atom. The molecule has 0 aliphatic heterocycles. The Morgan fingerprint density at radius 2 is 2.00 bits per heavy atom. The number of hydrogen-bond acceptors (Lipinski definition) is 3. The number of rotatable bonds is 2. The second-order valence-electron chi connectivity index (χ2n) is 5.01. The van der Waals surface area contributed by atoms with Crippen LogP contribution in [0.25, 0.3) is 10.2 Å². The Morgan fingerprint density at radius 3 is 2.73 bits per heavy atom. The van der Waals surface area contributed by atoms with Gasteiger partial charge in [-0.1, -0.05) is 29.5 Å². The van der Waals surface area contributed by atoms with Crippen molar-refractivity contribution in [2.75, 3.05) is 7.11 Å². The van der Waals surface area contributed by atoms with Crippen LogP contribution in [0.3, 0.4) is 0 Å². The van der Waals surface area contributed by atoms with Gasteiger partial charge in [0.2, 0.25) is 0 Å². The van der Waals surface area contributed by atoms with Gasteiger partial charge in [0, 0.05) is 12.6 Å². The third kappa shape index (κ3) is 2.55.